The highest BCUT2D eigenvalue weighted by Crippen LogP contribution is 2.27. The van der Waals surface area contributed by atoms with Gasteiger partial charge >= 0.3 is 6.03 Å². The Labute approximate surface area is 117 Å². The third-order valence-electron chi connectivity index (χ3n) is 3.34. The number of anilines is 2. The fourth-order valence-electron chi connectivity index (χ4n) is 2.26. The highest BCUT2D eigenvalue weighted by atomic mass is 16.5. The molecule has 0 atom stereocenters. The molecule has 4 nitrogen and oxygen atoms in total. The van der Waals surface area contributed by atoms with Crippen molar-refractivity contribution in [1.29, 1.82) is 0 Å². The fraction of sp³-hybridized carbons (Fsp3) is 0.188. The van der Waals surface area contributed by atoms with Crippen molar-refractivity contribution in [3.63, 3.8) is 0 Å². The second kappa shape index (κ2) is 5.25. The molecule has 2 N–H and O–H groups in total. The lowest BCUT2D eigenvalue weighted by molar-refractivity contribution is 0.262. The highest BCUT2D eigenvalue weighted by Gasteiger charge is 2.13. The second-order valence-electron chi connectivity index (χ2n) is 4.82. The molecular weight excluding hydrogens is 252 g/mol. The molecule has 4 heteroatoms. The van der Waals surface area contributed by atoms with Crippen LogP contribution in [0, 0.1) is 6.92 Å². The summed E-state index contributed by atoms with van der Waals surface area (Å²) in [5.41, 5.74) is 3.76. The lowest BCUT2D eigenvalue weighted by atomic mass is 10.1. The number of amides is 2. The summed E-state index contributed by atoms with van der Waals surface area (Å²) in [4.78, 5) is 12.0. The first kappa shape index (κ1) is 12.5. The molecule has 0 aromatic heterocycles. The third kappa shape index (κ3) is 2.59. The number of urea groups is 1. The molecule has 0 radical (unpaired) electrons. The Balaban J connectivity index is 1.69. The van der Waals surface area contributed by atoms with Crippen molar-refractivity contribution in [3.8, 4) is 5.75 Å². The Hall–Kier alpha value is -2.49. The summed E-state index contributed by atoms with van der Waals surface area (Å²) < 4.78 is 5.44. The van der Waals surface area contributed by atoms with Crippen LogP contribution < -0.4 is 15.4 Å². The first-order valence-corrected chi connectivity index (χ1v) is 6.62. The topological polar surface area (TPSA) is 50.4 Å². The Kier molecular flexibility index (Phi) is 3.29. The van der Waals surface area contributed by atoms with Crippen LogP contribution in [0.2, 0.25) is 0 Å². The first-order valence-electron chi connectivity index (χ1n) is 6.62. The van der Waals surface area contributed by atoms with E-state index in [1.807, 2.05) is 49.4 Å². The van der Waals surface area contributed by atoms with E-state index < -0.39 is 0 Å². The maximum atomic E-state index is 12.0. The zero-order chi connectivity index (χ0) is 13.9. The van der Waals surface area contributed by atoms with Gasteiger partial charge in [0.05, 0.1) is 6.61 Å². The van der Waals surface area contributed by atoms with Gasteiger partial charge in [-0.2, -0.15) is 0 Å². The van der Waals surface area contributed by atoms with Crippen molar-refractivity contribution in [2.75, 3.05) is 17.2 Å². The van der Waals surface area contributed by atoms with Gasteiger partial charge in [-0.1, -0.05) is 18.2 Å². The smallest absolute Gasteiger partial charge is 0.323 e. The molecule has 0 bridgehead atoms. The van der Waals surface area contributed by atoms with Crippen molar-refractivity contribution < 1.29 is 9.53 Å². The van der Waals surface area contributed by atoms with E-state index >= 15 is 0 Å². The molecule has 2 aromatic rings. The van der Waals surface area contributed by atoms with Gasteiger partial charge in [0, 0.05) is 17.8 Å². The maximum Gasteiger partial charge on any atom is 0.323 e. The van der Waals surface area contributed by atoms with Crippen molar-refractivity contribution in [2.24, 2.45) is 0 Å². The number of carbonyl (C=O) groups excluding carboxylic acids is 1. The van der Waals surface area contributed by atoms with Crippen LogP contribution in [-0.4, -0.2) is 12.6 Å². The van der Waals surface area contributed by atoms with E-state index in [0.29, 0.717) is 6.61 Å². The van der Waals surface area contributed by atoms with Gasteiger partial charge in [0.25, 0.3) is 0 Å². The fourth-order valence-corrected chi connectivity index (χ4v) is 2.26. The van der Waals surface area contributed by atoms with Gasteiger partial charge in [0.15, 0.2) is 0 Å². The van der Waals surface area contributed by atoms with Crippen LogP contribution in [0.1, 0.15) is 11.1 Å². The highest BCUT2D eigenvalue weighted by molar-refractivity contribution is 6.00. The van der Waals surface area contributed by atoms with E-state index in [-0.39, 0.29) is 6.03 Å². The molecular formula is C16H16N2O2. The predicted octanol–water partition coefficient (Wildman–Crippen LogP) is 3.57. The van der Waals surface area contributed by atoms with Gasteiger partial charge in [0.1, 0.15) is 5.75 Å². The quantitative estimate of drug-likeness (QED) is 0.874. The monoisotopic (exact) mass is 268 g/mol. The SMILES string of the molecule is Cc1ccccc1NC(=O)Nc1ccc2c(c1)CCO2. The number of hydrogen-bond donors (Lipinski definition) is 2. The summed E-state index contributed by atoms with van der Waals surface area (Å²) in [6.45, 7) is 2.68. The number of carbonyl (C=O) groups is 1. The molecule has 2 aromatic carbocycles. The number of rotatable bonds is 2. The molecule has 20 heavy (non-hydrogen) atoms. The van der Waals surface area contributed by atoms with E-state index in [2.05, 4.69) is 10.6 Å². The first-order chi connectivity index (χ1) is 9.72. The van der Waals surface area contributed by atoms with Gasteiger partial charge in [-0.25, -0.2) is 4.79 Å². The third-order valence-corrected chi connectivity index (χ3v) is 3.34. The van der Waals surface area contributed by atoms with Crippen LogP contribution in [0.5, 0.6) is 5.75 Å². The standard InChI is InChI=1S/C16H16N2O2/c1-11-4-2-3-5-14(11)18-16(19)17-13-6-7-15-12(10-13)8-9-20-15/h2-7,10H,8-9H2,1H3,(H2,17,18,19). The van der Waals surface area contributed by atoms with Crippen LogP contribution in [-0.2, 0) is 6.42 Å². The lowest BCUT2D eigenvalue weighted by Crippen LogP contribution is -2.19. The molecule has 0 aliphatic carbocycles. The minimum atomic E-state index is -0.238. The van der Waals surface area contributed by atoms with Crippen molar-refractivity contribution in [3.05, 3.63) is 53.6 Å². The van der Waals surface area contributed by atoms with E-state index in [9.17, 15) is 4.79 Å². The molecule has 0 spiro atoms. The van der Waals surface area contributed by atoms with Crippen LogP contribution in [0.3, 0.4) is 0 Å². The summed E-state index contributed by atoms with van der Waals surface area (Å²) in [5, 5.41) is 5.69. The normalized spacial score (nSPS) is 12.4. The number of hydrogen-bond acceptors (Lipinski definition) is 2. The minimum Gasteiger partial charge on any atom is -0.493 e. The van der Waals surface area contributed by atoms with Crippen LogP contribution in [0.4, 0.5) is 16.2 Å². The Morgan fingerprint density at radius 3 is 2.85 bits per heavy atom. The average molecular weight is 268 g/mol. The molecule has 0 unspecified atom stereocenters. The summed E-state index contributed by atoms with van der Waals surface area (Å²) in [7, 11) is 0. The molecule has 0 saturated carbocycles. The van der Waals surface area contributed by atoms with Crippen molar-refractivity contribution >= 4 is 17.4 Å². The minimum absolute atomic E-state index is 0.238. The lowest BCUT2D eigenvalue weighted by Gasteiger charge is -2.10. The van der Waals surface area contributed by atoms with E-state index in [4.69, 9.17) is 4.74 Å². The molecule has 0 fully saturated rings. The number of aryl methyl sites for hydroxylation is 1. The maximum absolute atomic E-state index is 12.0. The number of fused-ring (bicyclic) bond motifs is 1. The summed E-state index contributed by atoms with van der Waals surface area (Å²) in [6, 6.07) is 13.1. The molecule has 1 aliphatic heterocycles. The largest absolute Gasteiger partial charge is 0.493 e. The van der Waals surface area contributed by atoms with Gasteiger partial charge in [-0.3, -0.25) is 0 Å². The van der Waals surface area contributed by atoms with E-state index in [1.165, 1.54) is 0 Å². The number of nitrogens with one attached hydrogen (secondary N) is 2. The van der Waals surface area contributed by atoms with E-state index in [1.54, 1.807) is 0 Å². The van der Waals surface area contributed by atoms with Gasteiger partial charge in [0.2, 0.25) is 0 Å². The summed E-state index contributed by atoms with van der Waals surface area (Å²) >= 11 is 0. The zero-order valence-corrected chi connectivity index (χ0v) is 11.3. The van der Waals surface area contributed by atoms with Gasteiger partial charge in [-0.05, 0) is 42.3 Å². The number of benzene rings is 2. The Bertz CT molecular complexity index is 653. The van der Waals surface area contributed by atoms with Crippen molar-refractivity contribution in [2.45, 2.75) is 13.3 Å². The van der Waals surface area contributed by atoms with Crippen LogP contribution in [0.25, 0.3) is 0 Å². The molecule has 3 rings (SSSR count). The van der Waals surface area contributed by atoms with Gasteiger partial charge in [-0.15, -0.1) is 0 Å². The van der Waals surface area contributed by atoms with Gasteiger partial charge < -0.3 is 15.4 Å². The predicted molar refractivity (Wildman–Crippen MR) is 79.5 cm³/mol. The molecule has 2 amide bonds. The van der Waals surface area contributed by atoms with E-state index in [0.717, 1.165) is 34.7 Å². The number of ether oxygens (including phenoxy) is 1. The summed E-state index contributed by atoms with van der Waals surface area (Å²) in [5.74, 6) is 0.912. The Morgan fingerprint density at radius 1 is 1.15 bits per heavy atom. The molecule has 1 heterocycles. The molecule has 0 saturated heterocycles. The van der Waals surface area contributed by atoms with Crippen molar-refractivity contribution in [1.82, 2.24) is 0 Å². The molecule has 102 valence electrons. The Morgan fingerprint density at radius 2 is 2.00 bits per heavy atom. The average Bonchev–Trinajstić information content (AvgIpc) is 2.89. The van der Waals surface area contributed by atoms with Crippen LogP contribution >= 0.6 is 0 Å². The second-order valence-corrected chi connectivity index (χ2v) is 4.82. The zero-order valence-electron chi connectivity index (χ0n) is 11.3. The summed E-state index contributed by atoms with van der Waals surface area (Å²) in [6.07, 6.45) is 0.893. The van der Waals surface area contributed by atoms with Crippen LogP contribution in [0.15, 0.2) is 42.5 Å². The number of para-hydroxylation sites is 1. The molecule has 1 aliphatic rings.